The molecule has 8 heteroatoms. The average molecular weight is 429 g/mol. The number of carbonyl (C=O) groups excluding carboxylic acids is 1. The molecule has 1 aromatic heterocycles. The van der Waals surface area contributed by atoms with Crippen molar-refractivity contribution in [2.45, 2.75) is 13.3 Å². The van der Waals surface area contributed by atoms with Crippen LogP contribution in [0, 0.1) is 11.3 Å². The first-order valence-corrected chi connectivity index (χ1v) is 10.00. The summed E-state index contributed by atoms with van der Waals surface area (Å²) in [7, 11) is 3.53. The molecule has 0 radical (unpaired) electrons. The SMILES string of the molecule is CCCNc1ccnc(N2CCN(c3ccccc3C#N)CC2)c1C(=O)N(C)C.Cl. The minimum Gasteiger partial charge on any atom is -0.384 e. The molecule has 1 aromatic carbocycles. The lowest BCUT2D eigenvalue weighted by Crippen LogP contribution is -2.47. The minimum absolute atomic E-state index is 0. The van der Waals surface area contributed by atoms with E-state index in [0.717, 1.165) is 56.3 Å². The van der Waals surface area contributed by atoms with Gasteiger partial charge in [-0.1, -0.05) is 19.1 Å². The van der Waals surface area contributed by atoms with E-state index in [1.54, 1.807) is 25.2 Å². The number of hydrogen-bond acceptors (Lipinski definition) is 6. The molecule has 0 aliphatic carbocycles. The molecule has 1 aliphatic rings. The standard InChI is InChI=1S/C22H28N6O.ClH/c1-4-10-24-18-9-11-25-21(20(18)22(29)26(2)3)28-14-12-27(13-15-28)19-8-6-5-7-17(19)16-23;/h5-9,11H,4,10,12-15H2,1-3H3,(H,24,25);1H. The van der Waals surface area contributed by atoms with Gasteiger partial charge in [-0.3, -0.25) is 4.79 Å². The van der Waals surface area contributed by atoms with Gasteiger partial charge >= 0.3 is 0 Å². The zero-order valence-corrected chi connectivity index (χ0v) is 18.6. The van der Waals surface area contributed by atoms with Crippen LogP contribution in [0.4, 0.5) is 17.2 Å². The molecule has 160 valence electrons. The van der Waals surface area contributed by atoms with Gasteiger partial charge in [0, 0.05) is 53.0 Å². The van der Waals surface area contributed by atoms with Crippen LogP contribution in [0.3, 0.4) is 0 Å². The maximum absolute atomic E-state index is 12.9. The fourth-order valence-electron chi connectivity index (χ4n) is 3.54. The fraction of sp³-hybridized carbons (Fsp3) is 0.409. The Kier molecular flexibility index (Phi) is 8.31. The van der Waals surface area contributed by atoms with Crippen molar-refractivity contribution in [3.63, 3.8) is 0 Å². The molecule has 0 spiro atoms. The summed E-state index contributed by atoms with van der Waals surface area (Å²) in [5.41, 5.74) is 3.10. The normalized spacial score (nSPS) is 13.3. The number of hydrogen-bond donors (Lipinski definition) is 1. The predicted octanol–water partition coefficient (Wildman–Crippen LogP) is 3.23. The van der Waals surface area contributed by atoms with E-state index in [1.807, 2.05) is 30.3 Å². The van der Waals surface area contributed by atoms with E-state index < -0.39 is 0 Å². The number of nitrogens with zero attached hydrogens (tertiary/aromatic N) is 5. The van der Waals surface area contributed by atoms with Gasteiger partial charge in [0.25, 0.3) is 5.91 Å². The molecule has 0 unspecified atom stereocenters. The second kappa shape index (κ2) is 10.7. The van der Waals surface area contributed by atoms with Gasteiger partial charge in [0.05, 0.1) is 16.9 Å². The highest BCUT2D eigenvalue weighted by atomic mass is 35.5. The van der Waals surface area contributed by atoms with Crippen molar-refractivity contribution in [1.29, 1.82) is 5.26 Å². The second-order valence-electron chi connectivity index (χ2n) is 7.29. The lowest BCUT2D eigenvalue weighted by Gasteiger charge is -2.38. The summed E-state index contributed by atoms with van der Waals surface area (Å²) in [6.45, 7) is 5.90. The summed E-state index contributed by atoms with van der Waals surface area (Å²) < 4.78 is 0. The van der Waals surface area contributed by atoms with E-state index in [2.05, 4.69) is 33.1 Å². The number of aromatic nitrogens is 1. The Morgan fingerprint density at radius 1 is 1.17 bits per heavy atom. The van der Waals surface area contributed by atoms with Crippen LogP contribution in [-0.2, 0) is 0 Å². The van der Waals surface area contributed by atoms with Crippen LogP contribution >= 0.6 is 12.4 Å². The molecule has 1 fully saturated rings. The number of rotatable bonds is 6. The molecule has 1 aliphatic heterocycles. The largest absolute Gasteiger partial charge is 0.384 e. The zero-order valence-electron chi connectivity index (χ0n) is 17.8. The Bertz CT molecular complexity index is 903. The van der Waals surface area contributed by atoms with Crippen molar-refractivity contribution in [2.24, 2.45) is 0 Å². The highest BCUT2D eigenvalue weighted by Gasteiger charge is 2.26. The molecule has 3 rings (SSSR count). The second-order valence-corrected chi connectivity index (χ2v) is 7.29. The molecule has 1 saturated heterocycles. The number of carbonyl (C=O) groups is 1. The topological polar surface area (TPSA) is 75.5 Å². The van der Waals surface area contributed by atoms with Crippen LogP contribution in [0.15, 0.2) is 36.5 Å². The van der Waals surface area contributed by atoms with E-state index in [-0.39, 0.29) is 18.3 Å². The Morgan fingerprint density at radius 3 is 2.47 bits per heavy atom. The third-order valence-corrected chi connectivity index (χ3v) is 5.06. The van der Waals surface area contributed by atoms with Crippen LogP contribution in [0.2, 0.25) is 0 Å². The molecule has 1 N–H and O–H groups in total. The van der Waals surface area contributed by atoms with Gasteiger partial charge in [-0.25, -0.2) is 4.98 Å². The Labute approximate surface area is 184 Å². The highest BCUT2D eigenvalue weighted by Crippen LogP contribution is 2.29. The number of benzene rings is 1. The van der Waals surface area contributed by atoms with Crippen LogP contribution in [0.25, 0.3) is 0 Å². The van der Waals surface area contributed by atoms with E-state index in [1.165, 1.54) is 0 Å². The van der Waals surface area contributed by atoms with Crippen molar-refractivity contribution in [3.8, 4) is 6.07 Å². The first-order valence-electron chi connectivity index (χ1n) is 10.00. The summed E-state index contributed by atoms with van der Waals surface area (Å²) in [4.78, 5) is 23.5. The van der Waals surface area contributed by atoms with Crippen molar-refractivity contribution < 1.29 is 4.79 Å². The quantitative estimate of drug-likeness (QED) is 0.761. The van der Waals surface area contributed by atoms with Crippen LogP contribution < -0.4 is 15.1 Å². The molecule has 7 nitrogen and oxygen atoms in total. The number of halogens is 1. The van der Waals surface area contributed by atoms with Crippen molar-refractivity contribution >= 4 is 35.5 Å². The van der Waals surface area contributed by atoms with Gasteiger partial charge in [-0.05, 0) is 24.6 Å². The van der Waals surface area contributed by atoms with Crippen LogP contribution in [0.1, 0.15) is 29.3 Å². The van der Waals surface area contributed by atoms with E-state index in [0.29, 0.717) is 11.1 Å². The maximum atomic E-state index is 12.9. The molecular formula is C22H29ClN6O. The molecule has 0 atom stereocenters. The summed E-state index contributed by atoms with van der Waals surface area (Å²) in [6.07, 6.45) is 2.74. The third-order valence-electron chi connectivity index (χ3n) is 5.06. The smallest absolute Gasteiger partial charge is 0.259 e. The number of anilines is 3. The molecule has 0 saturated carbocycles. The van der Waals surface area contributed by atoms with Gasteiger partial charge in [0.15, 0.2) is 0 Å². The number of pyridine rings is 1. The first kappa shape index (κ1) is 23.3. The number of piperazine rings is 1. The van der Waals surface area contributed by atoms with Crippen molar-refractivity contribution in [1.82, 2.24) is 9.88 Å². The third kappa shape index (κ3) is 4.95. The van der Waals surface area contributed by atoms with Gasteiger partial charge in [-0.2, -0.15) is 5.26 Å². The highest BCUT2D eigenvalue weighted by molar-refractivity contribution is 6.04. The average Bonchev–Trinajstić information content (AvgIpc) is 2.76. The lowest BCUT2D eigenvalue weighted by atomic mass is 10.1. The van der Waals surface area contributed by atoms with Crippen molar-refractivity contribution in [2.75, 3.05) is 61.9 Å². The molecule has 30 heavy (non-hydrogen) atoms. The number of amides is 1. The maximum Gasteiger partial charge on any atom is 0.259 e. The lowest BCUT2D eigenvalue weighted by molar-refractivity contribution is 0.0828. The molecular weight excluding hydrogens is 400 g/mol. The summed E-state index contributed by atoms with van der Waals surface area (Å²) in [6, 6.07) is 11.8. The van der Waals surface area contributed by atoms with E-state index in [4.69, 9.17) is 0 Å². The van der Waals surface area contributed by atoms with Crippen LogP contribution in [-0.4, -0.2) is 62.6 Å². The zero-order chi connectivity index (χ0) is 20.8. The van der Waals surface area contributed by atoms with E-state index >= 15 is 0 Å². The summed E-state index contributed by atoms with van der Waals surface area (Å²) in [5.74, 6) is 0.669. The monoisotopic (exact) mass is 428 g/mol. The Morgan fingerprint density at radius 2 is 1.83 bits per heavy atom. The predicted molar refractivity (Wildman–Crippen MR) is 124 cm³/mol. The van der Waals surface area contributed by atoms with Gasteiger partial charge in [0.2, 0.25) is 0 Å². The van der Waals surface area contributed by atoms with E-state index in [9.17, 15) is 10.1 Å². The van der Waals surface area contributed by atoms with Crippen molar-refractivity contribution in [3.05, 3.63) is 47.7 Å². The van der Waals surface area contributed by atoms with Gasteiger partial charge < -0.3 is 20.0 Å². The number of nitriles is 1. The summed E-state index contributed by atoms with van der Waals surface area (Å²) >= 11 is 0. The van der Waals surface area contributed by atoms with Crippen LogP contribution in [0.5, 0.6) is 0 Å². The first-order chi connectivity index (χ1) is 14.1. The fourth-order valence-corrected chi connectivity index (χ4v) is 3.54. The molecule has 2 heterocycles. The number of para-hydroxylation sites is 1. The number of nitrogens with one attached hydrogen (secondary N) is 1. The Hall–Kier alpha value is -2.98. The van der Waals surface area contributed by atoms with Gasteiger partial charge in [0.1, 0.15) is 17.5 Å². The Balaban J connectivity index is 0.00000320. The molecule has 0 bridgehead atoms. The molecule has 2 aromatic rings. The summed E-state index contributed by atoms with van der Waals surface area (Å²) in [5, 5.41) is 12.8. The molecule has 1 amide bonds. The van der Waals surface area contributed by atoms with Gasteiger partial charge in [-0.15, -0.1) is 12.4 Å². The minimum atomic E-state index is -0.0519.